The van der Waals surface area contributed by atoms with E-state index in [2.05, 4.69) is 26.0 Å². The van der Waals surface area contributed by atoms with Crippen LogP contribution < -0.4 is 5.73 Å². The van der Waals surface area contributed by atoms with Gasteiger partial charge >= 0.3 is 19.8 Å². The van der Waals surface area contributed by atoms with Crippen molar-refractivity contribution in [3.63, 3.8) is 0 Å². The largest absolute Gasteiger partial charge is 0.472 e. The first kappa shape index (κ1) is 47.8. The van der Waals surface area contributed by atoms with E-state index in [9.17, 15) is 19.0 Å². The minimum Gasteiger partial charge on any atom is -0.462 e. The fraction of sp³-hybridized carbons (Fsp3) is 0.897. The summed E-state index contributed by atoms with van der Waals surface area (Å²) in [6.45, 7) is 3.73. The van der Waals surface area contributed by atoms with E-state index in [0.29, 0.717) is 6.42 Å². The molecule has 0 aliphatic rings. The van der Waals surface area contributed by atoms with Gasteiger partial charge in [-0.1, -0.05) is 154 Å². The van der Waals surface area contributed by atoms with Crippen molar-refractivity contribution in [3.8, 4) is 0 Å². The molecule has 0 aromatic heterocycles. The highest BCUT2D eigenvalue weighted by Crippen LogP contribution is 2.43. The molecule has 10 heteroatoms. The average Bonchev–Trinajstić information content (AvgIpc) is 3.08. The van der Waals surface area contributed by atoms with Gasteiger partial charge in [0.1, 0.15) is 6.61 Å². The Labute approximate surface area is 300 Å². The predicted molar refractivity (Wildman–Crippen MR) is 201 cm³/mol. The molecule has 0 radical (unpaired) electrons. The number of nitrogens with two attached hydrogens (primary N) is 1. The minimum atomic E-state index is -4.37. The van der Waals surface area contributed by atoms with Crippen LogP contribution in [0.25, 0.3) is 0 Å². The van der Waals surface area contributed by atoms with Crippen molar-refractivity contribution in [2.75, 3.05) is 26.4 Å². The maximum atomic E-state index is 12.5. The van der Waals surface area contributed by atoms with Crippen LogP contribution in [0, 0.1) is 0 Å². The maximum Gasteiger partial charge on any atom is 0.472 e. The molecule has 2 atom stereocenters. The van der Waals surface area contributed by atoms with E-state index < -0.39 is 26.5 Å². The van der Waals surface area contributed by atoms with Crippen LogP contribution in [0.15, 0.2) is 12.2 Å². The molecule has 0 rings (SSSR count). The second kappa shape index (κ2) is 36.5. The van der Waals surface area contributed by atoms with Crippen LogP contribution >= 0.6 is 7.82 Å². The van der Waals surface area contributed by atoms with Gasteiger partial charge < -0.3 is 20.1 Å². The quantitative estimate of drug-likeness (QED) is 0.0277. The number of carbonyl (C=O) groups excluding carboxylic acids is 2. The Kier molecular flexibility index (Phi) is 35.6. The van der Waals surface area contributed by atoms with Crippen LogP contribution in [-0.2, 0) is 32.7 Å². The number of esters is 2. The van der Waals surface area contributed by atoms with Crippen LogP contribution in [0.4, 0.5) is 0 Å². The molecule has 0 amide bonds. The van der Waals surface area contributed by atoms with Crippen LogP contribution in [0.1, 0.15) is 194 Å². The topological polar surface area (TPSA) is 134 Å². The van der Waals surface area contributed by atoms with Crippen molar-refractivity contribution in [3.05, 3.63) is 12.2 Å². The van der Waals surface area contributed by atoms with E-state index in [1.54, 1.807) is 0 Å². The summed E-state index contributed by atoms with van der Waals surface area (Å²) in [6.07, 6.45) is 35.2. The Morgan fingerprint density at radius 2 is 1.00 bits per heavy atom. The predicted octanol–water partition coefficient (Wildman–Crippen LogP) is 11.1. The molecule has 9 nitrogen and oxygen atoms in total. The highest BCUT2D eigenvalue weighted by atomic mass is 31.2. The Balaban J connectivity index is 4.19. The van der Waals surface area contributed by atoms with Gasteiger partial charge in [-0.2, -0.15) is 0 Å². The van der Waals surface area contributed by atoms with Gasteiger partial charge in [-0.3, -0.25) is 18.6 Å². The lowest BCUT2D eigenvalue weighted by molar-refractivity contribution is -0.161. The highest BCUT2D eigenvalue weighted by molar-refractivity contribution is 7.47. The fourth-order valence-electron chi connectivity index (χ4n) is 5.63. The summed E-state index contributed by atoms with van der Waals surface area (Å²) in [5.74, 6) is -0.831. The molecule has 0 bridgehead atoms. The van der Waals surface area contributed by atoms with Gasteiger partial charge in [-0.15, -0.1) is 0 Å². The number of hydrogen-bond acceptors (Lipinski definition) is 8. The zero-order valence-corrected chi connectivity index (χ0v) is 32.6. The molecule has 0 saturated carbocycles. The maximum absolute atomic E-state index is 12.5. The fourth-order valence-corrected chi connectivity index (χ4v) is 6.39. The third kappa shape index (κ3) is 36.3. The number of carbonyl (C=O) groups is 2. The smallest absolute Gasteiger partial charge is 0.462 e. The first-order chi connectivity index (χ1) is 23.8. The van der Waals surface area contributed by atoms with Gasteiger partial charge in [-0.05, 0) is 38.5 Å². The van der Waals surface area contributed by atoms with E-state index in [-0.39, 0.29) is 38.6 Å². The number of allylic oxidation sites excluding steroid dienone is 2. The van der Waals surface area contributed by atoms with E-state index in [1.165, 1.54) is 109 Å². The standard InChI is InChI=1S/C39H76NO8P/c1-3-5-7-9-11-13-15-17-18-20-22-24-26-28-30-32-39(42)48-37(36-47-49(43,44)46-34-33-40)35-45-38(41)31-29-27-25-23-21-19-16-14-12-10-8-6-4-2/h17-18,37H,3-16,19-36,40H2,1-2H3,(H,43,44)/b18-17-. The van der Waals surface area contributed by atoms with E-state index in [0.717, 1.165) is 51.4 Å². The first-order valence-electron chi connectivity index (χ1n) is 20.2. The Morgan fingerprint density at radius 3 is 1.45 bits per heavy atom. The summed E-state index contributed by atoms with van der Waals surface area (Å²) in [5.41, 5.74) is 5.33. The number of hydrogen-bond donors (Lipinski definition) is 2. The third-order valence-corrected chi connectivity index (χ3v) is 9.64. The number of phosphoric acid groups is 1. The summed E-state index contributed by atoms with van der Waals surface area (Å²) >= 11 is 0. The Hall–Kier alpha value is -1.25. The molecule has 0 aliphatic carbocycles. The van der Waals surface area contributed by atoms with Crippen LogP contribution in [0.5, 0.6) is 0 Å². The summed E-state index contributed by atoms with van der Waals surface area (Å²) in [5, 5.41) is 0. The van der Waals surface area contributed by atoms with Crippen molar-refractivity contribution in [1.82, 2.24) is 0 Å². The van der Waals surface area contributed by atoms with Crippen molar-refractivity contribution < 1.29 is 37.6 Å². The van der Waals surface area contributed by atoms with Crippen molar-refractivity contribution in [2.45, 2.75) is 200 Å². The lowest BCUT2D eigenvalue weighted by atomic mass is 10.0. The van der Waals surface area contributed by atoms with Crippen molar-refractivity contribution >= 4 is 19.8 Å². The number of ether oxygens (including phenoxy) is 2. The molecule has 290 valence electrons. The highest BCUT2D eigenvalue weighted by Gasteiger charge is 2.26. The summed E-state index contributed by atoms with van der Waals surface area (Å²) in [6, 6.07) is 0. The molecular formula is C39H76NO8P. The number of unbranched alkanes of at least 4 members (excludes halogenated alkanes) is 23. The molecule has 0 heterocycles. The van der Waals surface area contributed by atoms with E-state index in [4.69, 9.17) is 24.3 Å². The van der Waals surface area contributed by atoms with Crippen molar-refractivity contribution in [1.29, 1.82) is 0 Å². The molecule has 0 saturated heterocycles. The summed E-state index contributed by atoms with van der Waals surface area (Å²) < 4.78 is 32.7. The van der Waals surface area contributed by atoms with Gasteiger partial charge in [0.05, 0.1) is 13.2 Å². The first-order valence-corrected chi connectivity index (χ1v) is 21.7. The lowest BCUT2D eigenvalue weighted by Crippen LogP contribution is -2.29. The molecule has 0 aromatic rings. The van der Waals surface area contributed by atoms with Crippen LogP contribution in [0.2, 0.25) is 0 Å². The van der Waals surface area contributed by atoms with Gasteiger partial charge in [0, 0.05) is 19.4 Å². The van der Waals surface area contributed by atoms with Crippen LogP contribution in [0.3, 0.4) is 0 Å². The monoisotopic (exact) mass is 718 g/mol. The lowest BCUT2D eigenvalue weighted by Gasteiger charge is -2.19. The van der Waals surface area contributed by atoms with Gasteiger partial charge in [-0.25, -0.2) is 4.57 Å². The van der Waals surface area contributed by atoms with E-state index in [1.807, 2.05) is 0 Å². The van der Waals surface area contributed by atoms with Crippen molar-refractivity contribution in [2.24, 2.45) is 5.73 Å². The second-order valence-electron chi connectivity index (χ2n) is 13.5. The molecule has 0 fully saturated rings. The molecule has 3 N–H and O–H groups in total. The number of phosphoric ester groups is 1. The Bertz CT molecular complexity index is 825. The Morgan fingerprint density at radius 1 is 0.592 bits per heavy atom. The molecular weight excluding hydrogens is 641 g/mol. The molecule has 0 aromatic carbocycles. The van der Waals surface area contributed by atoms with Gasteiger partial charge in [0.25, 0.3) is 0 Å². The zero-order chi connectivity index (χ0) is 36.1. The molecule has 49 heavy (non-hydrogen) atoms. The number of rotatable bonds is 38. The van der Waals surface area contributed by atoms with E-state index >= 15 is 0 Å². The molecule has 0 aliphatic heterocycles. The van der Waals surface area contributed by atoms with Gasteiger partial charge in [0.15, 0.2) is 6.10 Å². The second-order valence-corrected chi connectivity index (χ2v) is 15.0. The summed E-state index contributed by atoms with van der Waals surface area (Å²) in [7, 11) is -4.37. The average molecular weight is 718 g/mol. The van der Waals surface area contributed by atoms with Gasteiger partial charge in [0.2, 0.25) is 0 Å². The molecule has 0 spiro atoms. The third-order valence-electron chi connectivity index (χ3n) is 8.65. The van der Waals surface area contributed by atoms with Crippen LogP contribution in [-0.4, -0.2) is 49.3 Å². The normalized spacial score (nSPS) is 13.5. The molecule has 2 unspecified atom stereocenters. The zero-order valence-electron chi connectivity index (χ0n) is 31.7. The minimum absolute atomic E-state index is 0.0546. The SMILES string of the molecule is CCCCCCCC/C=C\CCCCCCCC(=O)OC(COC(=O)CCCCCCCCCCCCCCC)COP(=O)(O)OCCN. The summed E-state index contributed by atoms with van der Waals surface area (Å²) in [4.78, 5) is 34.7.